The van der Waals surface area contributed by atoms with Gasteiger partial charge in [-0.2, -0.15) is 8.78 Å². The SMILES string of the molecule is Cl.O=C(N[C@@H](CCN1CCC2(CC1)CCN(Cc1ccc(OC(F)F)cc1)C2=O)c1ccccc1)C1CCCC1. The number of nitrogens with one attached hydrogen (secondary N) is 1. The van der Waals surface area contributed by atoms with Gasteiger partial charge < -0.3 is 19.9 Å². The van der Waals surface area contributed by atoms with Gasteiger partial charge in [-0.25, -0.2) is 0 Å². The summed E-state index contributed by atoms with van der Waals surface area (Å²) in [4.78, 5) is 30.7. The Morgan fingerprint density at radius 1 is 0.975 bits per heavy atom. The van der Waals surface area contributed by atoms with Crippen LogP contribution in [0.5, 0.6) is 5.75 Å². The van der Waals surface area contributed by atoms with Crippen LogP contribution in [-0.4, -0.2) is 54.4 Å². The van der Waals surface area contributed by atoms with Crippen LogP contribution >= 0.6 is 12.4 Å². The number of likely N-dealkylation sites (tertiary alicyclic amines) is 2. The summed E-state index contributed by atoms with van der Waals surface area (Å²) in [6, 6.07) is 16.8. The fourth-order valence-corrected chi connectivity index (χ4v) is 6.51. The second-order valence-electron chi connectivity index (χ2n) is 11.4. The van der Waals surface area contributed by atoms with Crippen LogP contribution in [0.2, 0.25) is 0 Å². The quantitative estimate of drug-likeness (QED) is 0.380. The number of carbonyl (C=O) groups excluding carboxylic acids is 2. The first-order chi connectivity index (χ1) is 18.9. The average molecular weight is 576 g/mol. The Morgan fingerprint density at radius 3 is 2.27 bits per heavy atom. The number of nitrogens with zero attached hydrogens (tertiary/aromatic N) is 2. The molecule has 2 aromatic rings. The smallest absolute Gasteiger partial charge is 0.387 e. The van der Waals surface area contributed by atoms with E-state index in [-0.39, 0.29) is 47.3 Å². The molecule has 2 amide bonds. The Balaban J connectivity index is 0.00000370. The number of alkyl halides is 2. The van der Waals surface area contributed by atoms with Crippen molar-refractivity contribution in [2.24, 2.45) is 11.3 Å². The van der Waals surface area contributed by atoms with Gasteiger partial charge in [0, 0.05) is 25.6 Å². The molecule has 9 heteroatoms. The van der Waals surface area contributed by atoms with Gasteiger partial charge in [-0.05, 0) is 74.9 Å². The third kappa shape index (κ3) is 7.32. The van der Waals surface area contributed by atoms with Crippen LogP contribution < -0.4 is 10.1 Å². The fourth-order valence-electron chi connectivity index (χ4n) is 6.51. The maximum absolute atomic E-state index is 13.4. The molecule has 2 heterocycles. The number of hydrogen-bond donors (Lipinski definition) is 1. The molecule has 1 aliphatic carbocycles. The highest BCUT2D eigenvalue weighted by molar-refractivity contribution is 5.85. The highest BCUT2D eigenvalue weighted by Gasteiger charge is 2.47. The van der Waals surface area contributed by atoms with Crippen LogP contribution in [0.25, 0.3) is 0 Å². The minimum Gasteiger partial charge on any atom is -0.435 e. The van der Waals surface area contributed by atoms with Crippen molar-refractivity contribution >= 4 is 24.2 Å². The minimum absolute atomic E-state index is 0. The van der Waals surface area contributed by atoms with E-state index in [0.717, 1.165) is 88.7 Å². The standard InChI is InChI=1S/C31H39F2N3O3.ClH/c32-30(33)39-26-12-10-23(11-13-26)22-36-21-17-31(29(36)38)15-19-35(20-16-31)18-14-27(24-6-2-1-3-7-24)34-28(37)25-8-4-5-9-25;/h1-3,6-7,10-13,25,27,30H,4-5,8-9,14-22H2,(H,34,37);1H/t27-;/m0./s1. The maximum Gasteiger partial charge on any atom is 0.387 e. The van der Waals surface area contributed by atoms with Crippen molar-refractivity contribution in [1.29, 1.82) is 0 Å². The van der Waals surface area contributed by atoms with Crippen molar-refractivity contribution < 1.29 is 23.1 Å². The zero-order valence-electron chi connectivity index (χ0n) is 22.9. The second-order valence-corrected chi connectivity index (χ2v) is 11.4. The molecule has 1 spiro atoms. The molecule has 218 valence electrons. The Labute approximate surface area is 241 Å². The molecule has 0 unspecified atom stereocenters. The topological polar surface area (TPSA) is 61.9 Å². The number of carbonyl (C=O) groups is 2. The Bertz CT molecular complexity index is 1100. The molecule has 1 saturated carbocycles. The average Bonchev–Trinajstić information content (AvgIpc) is 3.59. The summed E-state index contributed by atoms with van der Waals surface area (Å²) < 4.78 is 29.2. The summed E-state index contributed by atoms with van der Waals surface area (Å²) in [5.74, 6) is 0.664. The summed E-state index contributed by atoms with van der Waals surface area (Å²) >= 11 is 0. The predicted molar refractivity (Wildman–Crippen MR) is 152 cm³/mol. The van der Waals surface area contributed by atoms with Crippen molar-refractivity contribution in [3.05, 3.63) is 65.7 Å². The molecule has 2 saturated heterocycles. The van der Waals surface area contributed by atoms with Crippen LogP contribution in [-0.2, 0) is 16.1 Å². The first-order valence-electron chi connectivity index (χ1n) is 14.3. The van der Waals surface area contributed by atoms with Gasteiger partial charge in [0.1, 0.15) is 5.75 Å². The van der Waals surface area contributed by atoms with Crippen molar-refractivity contribution in [3.63, 3.8) is 0 Å². The van der Waals surface area contributed by atoms with E-state index < -0.39 is 6.61 Å². The summed E-state index contributed by atoms with van der Waals surface area (Å²) in [7, 11) is 0. The van der Waals surface area contributed by atoms with Gasteiger partial charge >= 0.3 is 6.61 Å². The first-order valence-corrected chi connectivity index (χ1v) is 14.3. The molecule has 40 heavy (non-hydrogen) atoms. The van der Waals surface area contributed by atoms with E-state index in [1.54, 1.807) is 12.1 Å². The number of rotatable bonds is 10. The summed E-state index contributed by atoms with van der Waals surface area (Å²) in [5.41, 5.74) is 1.75. The lowest BCUT2D eigenvalue weighted by Gasteiger charge is -2.38. The molecule has 3 fully saturated rings. The van der Waals surface area contributed by atoms with E-state index >= 15 is 0 Å². The Morgan fingerprint density at radius 2 is 1.62 bits per heavy atom. The van der Waals surface area contributed by atoms with Crippen molar-refractivity contribution in [1.82, 2.24) is 15.1 Å². The van der Waals surface area contributed by atoms with E-state index in [4.69, 9.17) is 0 Å². The van der Waals surface area contributed by atoms with E-state index in [0.29, 0.717) is 6.54 Å². The van der Waals surface area contributed by atoms with Crippen molar-refractivity contribution in [2.45, 2.75) is 70.6 Å². The lowest BCUT2D eigenvalue weighted by atomic mass is 9.77. The third-order valence-corrected chi connectivity index (χ3v) is 8.91. The van der Waals surface area contributed by atoms with Crippen LogP contribution in [0.1, 0.15) is 68.5 Å². The van der Waals surface area contributed by atoms with Crippen LogP contribution in [0.15, 0.2) is 54.6 Å². The van der Waals surface area contributed by atoms with E-state index in [1.165, 1.54) is 12.1 Å². The predicted octanol–water partition coefficient (Wildman–Crippen LogP) is 5.96. The number of hydrogen-bond acceptors (Lipinski definition) is 4. The van der Waals surface area contributed by atoms with E-state index in [2.05, 4.69) is 27.1 Å². The number of piperidine rings is 1. The zero-order valence-corrected chi connectivity index (χ0v) is 23.7. The number of halogens is 3. The molecule has 0 radical (unpaired) electrons. The zero-order chi connectivity index (χ0) is 27.2. The number of ether oxygens (including phenoxy) is 1. The number of amides is 2. The minimum atomic E-state index is -2.85. The summed E-state index contributed by atoms with van der Waals surface area (Å²) in [5, 5.41) is 3.34. The second kappa shape index (κ2) is 13.8. The van der Waals surface area contributed by atoms with E-state index in [1.807, 2.05) is 23.1 Å². The lowest BCUT2D eigenvalue weighted by molar-refractivity contribution is -0.139. The Hall–Kier alpha value is -2.71. The normalized spacial score (nSPS) is 20.1. The largest absolute Gasteiger partial charge is 0.435 e. The number of benzene rings is 2. The van der Waals surface area contributed by atoms with Crippen LogP contribution in [0, 0.1) is 11.3 Å². The van der Waals surface area contributed by atoms with Crippen LogP contribution in [0.4, 0.5) is 8.78 Å². The highest BCUT2D eigenvalue weighted by atomic mass is 35.5. The van der Waals surface area contributed by atoms with E-state index in [9.17, 15) is 18.4 Å². The molecule has 6 nitrogen and oxygen atoms in total. The molecule has 3 aliphatic rings. The Kier molecular flexibility index (Phi) is 10.4. The lowest BCUT2D eigenvalue weighted by Crippen LogP contribution is -2.45. The van der Waals surface area contributed by atoms with Crippen molar-refractivity contribution in [3.8, 4) is 5.75 Å². The van der Waals surface area contributed by atoms with Crippen LogP contribution in [0.3, 0.4) is 0 Å². The third-order valence-electron chi connectivity index (χ3n) is 8.91. The van der Waals surface area contributed by atoms with Gasteiger partial charge in [-0.3, -0.25) is 9.59 Å². The molecular weight excluding hydrogens is 536 g/mol. The highest BCUT2D eigenvalue weighted by Crippen LogP contribution is 2.42. The molecule has 2 aliphatic heterocycles. The molecule has 0 bridgehead atoms. The fraction of sp³-hybridized carbons (Fsp3) is 0.548. The molecule has 1 atom stereocenters. The van der Waals surface area contributed by atoms with Gasteiger partial charge in [-0.1, -0.05) is 55.3 Å². The molecule has 5 rings (SSSR count). The monoisotopic (exact) mass is 575 g/mol. The van der Waals surface area contributed by atoms with Gasteiger partial charge in [0.2, 0.25) is 11.8 Å². The maximum atomic E-state index is 13.4. The summed E-state index contributed by atoms with van der Waals surface area (Å²) in [6.07, 6.45) is 7.65. The van der Waals surface area contributed by atoms with Gasteiger partial charge in [0.25, 0.3) is 0 Å². The first kappa shape index (κ1) is 30.3. The van der Waals surface area contributed by atoms with Gasteiger partial charge in [-0.15, -0.1) is 12.4 Å². The molecular formula is C31H40ClF2N3O3. The molecule has 0 aromatic heterocycles. The van der Waals surface area contributed by atoms with Gasteiger partial charge in [0.05, 0.1) is 11.5 Å². The molecule has 2 aromatic carbocycles. The molecule has 1 N–H and O–H groups in total. The van der Waals surface area contributed by atoms with Gasteiger partial charge in [0.15, 0.2) is 0 Å². The summed E-state index contributed by atoms with van der Waals surface area (Å²) in [6.45, 7) is 0.984. The van der Waals surface area contributed by atoms with Crippen molar-refractivity contribution in [2.75, 3.05) is 26.2 Å².